The lowest BCUT2D eigenvalue weighted by atomic mass is 9.72. The van der Waals surface area contributed by atoms with Gasteiger partial charge >= 0.3 is 7.05 Å². The Kier molecular flexibility index (Phi) is 2.84. The van der Waals surface area contributed by atoms with Crippen LogP contribution in [0.1, 0.15) is 40.0 Å². The highest BCUT2D eigenvalue weighted by molar-refractivity contribution is 6.45. The van der Waals surface area contributed by atoms with Gasteiger partial charge in [-0.25, -0.2) is 0 Å². The highest BCUT2D eigenvalue weighted by Gasteiger charge is 2.37. The lowest BCUT2D eigenvalue weighted by Gasteiger charge is -2.47. The molecule has 0 aromatic heterocycles. The van der Waals surface area contributed by atoms with Gasteiger partial charge in [0.15, 0.2) is 0 Å². The monoisotopic (exact) mass is 169 g/mol. The molecule has 0 aliphatic carbocycles. The predicted molar refractivity (Wildman–Crippen MR) is 53.1 cm³/mol. The highest BCUT2D eigenvalue weighted by Crippen LogP contribution is 2.31. The van der Waals surface area contributed by atoms with Crippen LogP contribution < -0.4 is 0 Å². The summed E-state index contributed by atoms with van der Waals surface area (Å²) >= 11 is 0. The number of hydrogen-bond donors (Lipinski definition) is 1. The topological polar surface area (TPSA) is 23.5 Å². The number of nitrogens with zero attached hydrogens (tertiary/aromatic N) is 1. The van der Waals surface area contributed by atoms with Gasteiger partial charge in [0.05, 0.1) is 0 Å². The number of piperidine rings is 1. The fraction of sp³-hybridized carbons (Fsp3) is 1.00. The van der Waals surface area contributed by atoms with Gasteiger partial charge in [0.2, 0.25) is 0 Å². The van der Waals surface area contributed by atoms with Crippen molar-refractivity contribution < 1.29 is 5.02 Å². The van der Waals surface area contributed by atoms with E-state index in [2.05, 4.69) is 25.6 Å². The van der Waals surface area contributed by atoms with Crippen LogP contribution in [0.2, 0.25) is 6.82 Å². The van der Waals surface area contributed by atoms with Gasteiger partial charge in [-0.3, -0.25) is 0 Å². The molecule has 1 fully saturated rings. The van der Waals surface area contributed by atoms with Gasteiger partial charge in [-0.2, -0.15) is 0 Å². The molecule has 1 heterocycles. The Morgan fingerprint density at radius 2 is 2.08 bits per heavy atom. The van der Waals surface area contributed by atoms with Crippen molar-refractivity contribution in [1.29, 1.82) is 0 Å². The molecular weight excluding hydrogens is 149 g/mol. The zero-order chi connectivity index (χ0) is 9.35. The average molecular weight is 169 g/mol. The smallest absolute Gasteiger partial charge is 0.377 e. The summed E-state index contributed by atoms with van der Waals surface area (Å²) in [4.78, 5) is 2.22. The van der Waals surface area contributed by atoms with Gasteiger partial charge in [0, 0.05) is 5.54 Å². The van der Waals surface area contributed by atoms with Crippen LogP contribution in [-0.4, -0.2) is 28.5 Å². The summed E-state index contributed by atoms with van der Waals surface area (Å²) < 4.78 is 0. The summed E-state index contributed by atoms with van der Waals surface area (Å²) in [6, 6.07) is 0.522. The van der Waals surface area contributed by atoms with E-state index < -0.39 is 0 Å². The van der Waals surface area contributed by atoms with E-state index >= 15 is 0 Å². The first-order valence-corrected chi connectivity index (χ1v) is 4.91. The molecule has 2 nitrogen and oxygen atoms in total. The molecule has 0 aromatic rings. The van der Waals surface area contributed by atoms with Crippen LogP contribution in [-0.2, 0) is 0 Å². The van der Waals surface area contributed by atoms with Crippen molar-refractivity contribution in [2.24, 2.45) is 0 Å². The first kappa shape index (κ1) is 10.1. The van der Waals surface area contributed by atoms with Gasteiger partial charge < -0.3 is 9.83 Å². The van der Waals surface area contributed by atoms with E-state index in [1.54, 1.807) is 0 Å². The third-order valence-electron chi connectivity index (χ3n) is 2.99. The van der Waals surface area contributed by atoms with Crippen LogP contribution in [0.25, 0.3) is 0 Å². The largest absolute Gasteiger partial charge is 0.437 e. The molecule has 0 amide bonds. The Bertz CT molecular complexity index is 159. The van der Waals surface area contributed by atoms with E-state index in [1.165, 1.54) is 19.3 Å². The lowest BCUT2D eigenvalue weighted by molar-refractivity contribution is 0.0994. The van der Waals surface area contributed by atoms with E-state index in [4.69, 9.17) is 0 Å². The first-order valence-electron chi connectivity index (χ1n) is 4.91. The Hall–Kier alpha value is -0.0151. The standard InChI is InChI=1S/C9H20BNO/c1-8-6-5-7-9(2,3)11(8)10(4)12/h8,12H,5-7H2,1-4H3. The minimum Gasteiger partial charge on any atom is -0.437 e. The molecule has 0 spiro atoms. The SMILES string of the molecule is CB(O)N1C(C)CCCC1(C)C. The molecule has 1 aliphatic rings. The van der Waals surface area contributed by atoms with Gasteiger partial charge in [0.25, 0.3) is 0 Å². The zero-order valence-corrected chi connectivity index (χ0v) is 8.67. The zero-order valence-electron chi connectivity index (χ0n) is 8.67. The van der Waals surface area contributed by atoms with E-state index in [0.717, 1.165) is 0 Å². The maximum absolute atomic E-state index is 9.61. The average Bonchev–Trinajstić information content (AvgIpc) is 1.82. The Labute approximate surface area is 76.1 Å². The molecule has 1 saturated heterocycles. The molecule has 1 aliphatic heterocycles. The van der Waals surface area contributed by atoms with E-state index in [0.29, 0.717) is 6.04 Å². The Balaban J connectivity index is 2.74. The molecule has 12 heavy (non-hydrogen) atoms. The molecule has 3 heteroatoms. The molecule has 0 radical (unpaired) electrons. The third kappa shape index (κ3) is 1.83. The van der Waals surface area contributed by atoms with Crippen molar-refractivity contribution >= 4 is 7.05 Å². The van der Waals surface area contributed by atoms with Crippen molar-refractivity contribution in [3.8, 4) is 0 Å². The molecular formula is C9H20BNO. The highest BCUT2D eigenvalue weighted by atomic mass is 16.2. The van der Waals surface area contributed by atoms with Crippen LogP contribution in [0.4, 0.5) is 0 Å². The number of hydrogen-bond acceptors (Lipinski definition) is 2. The Morgan fingerprint density at radius 1 is 1.50 bits per heavy atom. The minimum absolute atomic E-state index is 0.172. The predicted octanol–water partition coefficient (Wildman–Crippen LogP) is 1.75. The summed E-state index contributed by atoms with van der Waals surface area (Å²) in [6.07, 6.45) is 3.70. The van der Waals surface area contributed by atoms with Crippen LogP contribution in [0.3, 0.4) is 0 Å². The van der Waals surface area contributed by atoms with E-state index in [-0.39, 0.29) is 12.6 Å². The second kappa shape index (κ2) is 3.39. The van der Waals surface area contributed by atoms with E-state index in [1.807, 2.05) is 6.82 Å². The molecule has 1 rings (SSSR count). The molecule has 1 N–H and O–H groups in total. The normalized spacial score (nSPS) is 30.2. The molecule has 1 atom stereocenters. The molecule has 70 valence electrons. The molecule has 1 unspecified atom stereocenters. The minimum atomic E-state index is -0.310. The van der Waals surface area contributed by atoms with Gasteiger partial charge in [-0.15, -0.1) is 0 Å². The fourth-order valence-corrected chi connectivity index (χ4v) is 2.57. The van der Waals surface area contributed by atoms with Crippen molar-refractivity contribution in [3.05, 3.63) is 0 Å². The summed E-state index contributed by atoms with van der Waals surface area (Å²) in [5, 5.41) is 9.61. The van der Waals surface area contributed by atoms with Crippen LogP contribution in [0, 0.1) is 0 Å². The third-order valence-corrected chi connectivity index (χ3v) is 2.99. The van der Waals surface area contributed by atoms with E-state index in [9.17, 15) is 5.02 Å². The van der Waals surface area contributed by atoms with Crippen LogP contribution in [0.15, 0.2) is 0 Å². The second-order valence-corrected chi connectivity index (χ2v) is 4.59. The maximum atomic E-state index is 9.61. The van der Waals surface area contributed by atoms with Gasteiger partial charge in [0.1, 0.15) is 0 Å². The van der Waals surface area contributed by atoms with Crippen molar-refractivity contribution in [2.45, 2.75) is 58.4 Å². The van der Waals surface area contributed by atoms with Crippen molar-refractivity contribution in [3.63, 3.8) is 0 Å². The molecule has 0 saturated carbocycles. The summed E-state index contributed by atoms with van der Waals surface area (Å²) in [5.74, 6) is 0. The summed E-state index contributed by atoms with van der Waals surface area (Å²) in [5.41, 5.74) is 0.172. The second-order valence-electron chi connectivity index (χ2n) is 4.59. The number of rotatable bonds is 1. The summed E-state index contributed by atoms with van der Waals surface area (Å²) in [6.45, 7) is 8.50. The van der Waals surface area contributed by atoms with Crippen LogP contribution in [0.5, 0.6) is 0 Å². The van der Waals surface area contributed by atoms with Crippen molar-refractivity contribution in [1.82, 2.24) is 4.81 Å². The lowest BCUT2D eigenvalue weighted by Crippen LogP contribution is -2.58. The Morgan fingerprint density at radius 3 is 2.42 bits per heavy atom. The summed E-state index contributed by atoms with van der Waals surface area (Å²) in [7, 11) is -0.310. The fourth-order valence-electron chi connectivity index (χ4n) is 2.57. The quantitative estimate of drug-likeness (QED) is 0.604. The molecule has 0 aromatic carbocycles. The van der Waals surface area contributed by atoms with Gasteiger partial charge in [-0.05, 0) is 39.6 Å². The van der Waals surface area contributed by atoms with Crippen LogP contribution >= 0.6 is 0 Å². The maximum Gasteiger partial charge on any atom is 0.377 e. The first-order chi connectivity index (χ1) is 5.45. The molecule has 0 bridgehead atoms. The van der Waals surface area contributed by atoms with Crippen molar-refractivity contribution in [2.75, 3.05) is 0 Å². The van der Waals surface area contributed by atoms with Gasteiger partial charge in [-0.1, -0.05) is 13.3 Å².